The number of likely N-dealkylation sites (tertiary alicyclic amines) is 1. The van der Waals surface area contributed by atoms with Crippen molar-refractivity contribution in [2.45, 2.75) is 45.8 Å². The van der Waals surface area contributed by atoms with Gasteiger partial charge in [-0.25, -0.2) is 8.78 Å². The number of nitrogens with zero attached hydrogens (tertiary/aromatic N) is 2. The number of benzene rings is 1. The van der Waals surface area contributed by atoms with Crippen LogP contribution in [0.1, 0.15) is 44.9 Å². The number of aliphatic hydroxyl groups is 1. The maximum Gasteiger partial charge on any atom is 0.225 e. The first-order valence-corrected chi connectivity index (χ1v) is 10.7. The number of nitrogens with one attached hydrogen (secondary N) is 1. The number of pyridine rings is 1. The fourth-order valence-corrected chi connectivity index (χ4v) is 4.03. The molecule has 31 heavy (non-hydrogen) atoms. The second-order valence-corrected chi connectivity index (χ2v) is 9.39. The Kier molecular flexibility index (Phi) is 7.06. The van der Waals surface area contributed by atoms with Crippen LogP contribution in [0.5, 0.6) is 0 Å². The van der Waals surface area contributed by atoms with Crippen LogP contribution in [-0.4, -0.2) is 40.5 Å². The van der Waals surface area contributed by atoms with E-state index in [0.29, 0.717) is 24.3 Å². The molecule has 2 heterocycles. The van der Waals surface area contributed by atoms with Crippen molar-refractivity contribution in [3.8, 4) is 0 Å². The quantitative estimate of drug-likeness (QED) is 0.733. The van der Waals surface area contributed by atoms with Gasteiger partial charge in [-0.05, 0) is 49.2 Å². The van der Waals surface area contributed by atoms with Gasteiger partial charge in [-0.2, -0.15) is 0 Å². The van der Waals surface area contributed by atoms with Gasteiger partial charge in [-0.1, -0.05) is 32.9 Å². The molecule has 1 fully saturated rings. The number of carbonyl (C=O) groups excluding carboxylic acids is 1. The molecule has 0 spiro atoms. The van der Waals surface area contributed by atoms with Crippen molar-refractivity contribution >= 4 is 5.91 Å². The summed E-state index contributed by atoms with van der Waals surface area (Å²) in [6.07, 6.45) is 3.25. The van der Waals surface area contributed by atoms with Crippen LogP contribution in [-0.2, 0) is 16.9 Å². The molecular weight excluding hydrogens is 400 g/mol. The Bertz CT molecular complexity index is 901. The molecule has 1 aromatic carbocycles. The van der Waals surface area contributed by atoms with Crippen molar-refractivity contribution in [3.05, 3.63) is 65.5 Å². The average Bonchev–Trinajstić information content (AvgIpc) is 2.74. The van der Waals surface area contributed by atoms with Crippen LogP contribution in [0.3, 0.4) is 0 Å². The van der Waals surface area contributed by atoms with Gasteiger partial charge in [0.1, 0.15) is 5.60 Å². The summed E-state index contributed by atoms with van der Waals surface area (Å²) < 4.78 is 26.9. The summed E-state index contributed by atoms with van der Waals surface area (Å²) in [6.45, 7) is 7.34. The number of aromatic nitrogens is 1. The molecule has 1 saturated heterocycles. The van der Waals surface area contributed by atoms with E-state index in [2.05, 4.69) is 15.2 Å². The first-order chi connectivity index (χ1) is 14.6. The molecule has 0 saturated carbocycles. The van der Waals surface area contributed by atoms with E-state index in [-0.39, 0.29) is 18.4 Å². The van der Waals surface area contributed by atoms with Crippen molar-refractivity contribution in [1.82, 2.24) is 15.2 Å². The van der Waals surface area contributed by atoms with Crippen molar-refractivity contribution < 1.29 is 18.7 Å². The SMILES string of the molecule is CC(C)(C)C(=O)NC[C@@](O)(c1ccccn1)[C@@H]1CCCN(Cc2ccc(F)c(F)c2)C1. The largest absolute Gasteiger partial charge is 0.381 e. The van der Waals surface area contributed by atoms with E-state index in [1.807, 2.05) is 26.8 Å². The topological polar surface area (TPSA) is 65.5 Å². The molecule has 1 aliphatic heterocycles. The van der Waals surface area contributed by atoms with E-state index in [9.17, 15) is 18.7 Å². The number of halogens is 2. The Morgan fingerprint density at radius 2 is 2.00 bits per heavy atom. The maximum atomic E-state index is 13.6. The molecule has 1 aromatic heterocycles. The van der Waals surface area contributed by atoms with E-state index >= 15 is 0 Å². The van der Waals surface area contributed by atoms with Crippen LogP contribution in [0.15, 0.2) is 42.6 Å². The molecule has 0 radical (unpaired) electrons. The smallest absolute Gasteiger partial charge is 0.225 e. The Balaban J connectivity index is 1.79. The molecule has 5 nitrogen and oxygen atoms in total. The molecule has 168 valence electrons. The van der Waals surface area contributed by atoms with Gasteiger partial charge in [-0.3, -0.25) is 14.7 Å². The van der Waals surface area contributed by atoms with Crippen molar-refractivity contribution in [2.75, 3.05) is 19.6 Å². The minimum absolute atomic E-state index is 0.0593. The highest BCUT2D eigenvalue weighted by Gasteiger charge is 2.42. The highest BCUT2D eigenvalue weighted by atomic mass is 19.2. The first kappa shape index (κ1) is 23.3. The molecule has 2 aromatic rings. The number of amides is 1. The predicted octanol–water partition coefficient (Wildman–Crippen LogP) is 3.62. The summed E-state index contributed by atoms with van der Waals surface area (Å²) in [6, 6.07) is 9.31. The van der Waals surface area contributed by atoms with E-state index in [1.165, 1.54) is 6.07 Å². The van der Waals surface area contributed by atoms with Crippen molar-refractivity contribution in [2.24, 2.45) is 11.3 Å². The number of carbonyl (C=O) groups is 1. The third-order valence-corrected chi connectivity index (χ3v) is 5.88. The van der Waals surface area contributed by atoms with Crippen molar-refractivity contribution in [3.63, 3.8) is 0 Å². The predicted molar refractivity (Wildman–Crippen MR) is 115 cm³/mol. The van der Waals surface area contributed by atoms with Gasteiger partial charge in [0.25, 0.3) is 0 Å². The van der Waals surface area contributed by atoms with Crippen LogP contribution < -0.4 is 5.32 Å². The minimum atomic E-state index is -1.34. The lowest BCUT2D eigenvalue weighted by Gasteiger charge is -2.42. The van der Waals surface area contributed by atoms with Gasteiger partial charge in [0.15, 0.2) is 11.6 Å². The summed E-state index contributed by atoms with van der Waals surface area (Å²) in [5, 5.41) is 14.7. The van der Waals surface area contributed by atoms with Gasteiger partial charge < -0.3 is 10.4 Å². The maximum absolute atomic E-state index is 13.6. The van der Waals surface area contributed by atoms with E-state index in [1.54, 1.807) is 24.4 Å². The molecule has 1 amide bonds. The van der Waals surface area contributed by atoms with E-state index in [0.717, 1.165) is 25.5 Å². The Hall–Kier alpha value is -2.38. The van der Waals surface area contributed by atoms with Crippen LogP contribution in [0.4, 0.5) is 8.78 Å². The van der Waals surface area contributed by atoms with Crippen molar-refractivity contribution in [1.29, 1.82) is 0 Å². The molecule has 2 atom stereocenters. The van der Waals surface area contributed by atoms with Gasteiger partial charge in [0, 0.05) is 30.6 Å². The summed E-state index contributed by atoms with van der Waals surface area (Å²) in [7, 11) is 0. The molecule has 3 rings (SSSR count). The van der Waals surface area contributed by atoms with Gasteiger partial charge in [0.2, 0.25) is 5.91 Å². The molecule has 0 unspecified atom stereocenters. The lowest BCUT2D eigenvalue weighted by Crippen LogP contribution is -2.53. The second kappa shape index (κ2) is 9.40. The van der Waals surface area contributed by atoms with Crippen LogP contribution in [0.25, 0.3) is 0 Å². The van der Waals surface area contributed by atoms with E-state index in [4.69, 9.17) is 0 Å². The Morgan fingerprint density at radius 1 is 1.23 bits per heavy atom. The summed E-state index contributed by atoms with van der Waals surface area (Å²) in [5.74, 6) is -2.04. The number of hydrogen-bond acceptors (Lipinski definition) is 4. The number of rotatable bonds is 6. The van der Waals surface area contributed by atoms with Gasteiger partial charge in [-0.15, -0.1) is 0 Å². The molecule has 0 bridgehead atoms. The molecular formula is C24H31F2N3O2. The van der Waals surface area contributed by atoms with Gasteiger partial charge in [0.05, 0.1) is 12.2 Å². The zero-order valence-electron chi connectivity index (χ0n) is 18.4. The fraction of sp³-hybridized carbons (Fsp3) is 0.500. The minimum Gasteiger partial charge on any atom is -0.381 e. The molecule has 7 heteroatoms. The number of hydrogen-bond donors (Lipinski definition) is 2. The Morgan fingerprint density at radius 3 is 2.65 bits per heavy atom. The second-order valence-electron chi connectivity index (χ2n) is 9.39. The lowest BCUT2D eigenvalue weighted by atomic mass is 9.78. The summed E-state index contributed by atoms with van der Waals surface area (Å²) >= 11 is 0. The Labute approximate surface area is 182 Å². The van der Waals surface area contributed by atoms with E-state index < -0.39 is 22.7 Å². The first-order valence-electron chi connectivity index (χ1n) is 10.7. The zero-order valence-corrected chi connectivity index (χ0v) is 18.4. The zero-order chi connectivity index (χ0) is 22.6. The van der Waals surface area contributed by atoms with Crippen LogP contribution >= 0.6 is 0 Å². The highest BCUT2D eigenvalue weighted by molar-refractivity contribution is 5.81. The standard InChI is InChI=1S/C24H31F2N3O2/c1-23(2,3)22(30)28-16-24(31,21-8-4-5-11-27-21)18-7-6-12-29(15-18)14-17-9-10-19(25)20(26)13-17/h4-5,8-11,13,18,31H,6-7,12,14-16H2,1-3H3,(H,28,30)/t18-,24+/m1/s1. The fourth-order valence-electron chi connectivity index (χ4n) is 4.03. The number of piperidine rings is 1. The van der Waals surface area contributed by atoms with Crippen LogP contribution in [0, 0.1) is 23.0 Å². The normalized spacial score (nSPS) is 19.6. The summed E-state index contributed by atoms with van der Waals surface area (Å²) in [4.78, 5) is 19.0. The summed E-state index contributed by atoms with van der Waals surface area (Å²) in [5.41, 5.74) is -0.712. The molecule has 1 aliphatic rings. The third kappa shape index (κ3) is 5.66. The van der Waals surface area contributed by atoms with Gasteiger partial charge >= 0.3 is 0 Å². The highest BCUT2D eigenvalue weighted by Crippen LogP contribution is 2.35. The van der Waals surface area contributed by atoms with Crippen LogP contribution in [0.2, 0.25) is 0 Å². The monoisotopic (exact) mass is 431 g/mol. The average molecular weight is 432 g/mol. The molecule has 0 aliphatic carbocycles. The third-order valence-electron chi connectivity index (χ3n) is 5.88. The lowest BCUT2D eigenvalue weighted by molar-refractivity contribution is -0.131. The molecule has 2 N–H and O–H groups in total.